The van der Waals surface area contributed by atoms with Gasteiger partial charge in [-0.25, -0.2) is 0 Å². The maximum Gasteiger partial charge on any atom is 0.496 e. The predicted molar refractivity (Wildman–Crippen MR) is 71.9 cm³/mol. The van der Waals surface area contributed by atoms with E-state index in [1.807, 2.05) is 12.4 Å². The Morgan fingerprint density at radius 1 is 1.11 bits per heavy atom. The van der Waals surface area contributed by atoms with Crippen molar-refractivity contribution in [2.45, 2.75) is 57.7 Å². The number of nitrogens with zero attached hydrogens (tertiary/aromatic N) is 1. The molecule has 1 aromatic rings. The van der Waals surface area contributed by atoms with Gasteiger partial charge in [0.1, 0.15) is 0 Å². The van der Waals surface area contributed by atoms with Gasteiger partial charge in [0, 0.05) is 17.9 Å². The number of hydrogen-bond donors (Lipinski definition) is 0. The summed E-state index contributed by atoms with van der Waals surface area (Å²) in [6, 6.07) is 2.19. The molecule has 0 unspecified atom stereocenters. The van der Waals surface area contributed by atoms with E-state index in [4.69, 9.17) is 9.31 Å². The van der Waals surface area contributed by atoms with Gasteiger partial charge in [-0.05, 0) is 52.0 Å². The molecule has 0 bridgehead atoms. The molecule has 2 aliphatic rings. The van der Waals surface area contributed by atoms with Crippen LogP contribution in [0.5, 0.6) is 0 Å². The van der Waals surface area contributed by atoms with Crippen LogP contribution < -0.4 is 5.46 Å². The topological polar surface area (TPSA) is 31.4 Å². The van der Waals surface area contributed by atoms with Crippen LogP contribution in [0.2, 0.25) is 0 Å². The number of rotatable bonds is 2. The highest BCUT2D eigenvalue weighted by Crippen LogP contribution is 2.40. The van der Waals surface area contributed by atoms with E-state index < -0.39 is 0 Å². The highest BCUT2D eigenvalue weighted by atomic mass is 16.7. The number of pyridine rings is 1. The van der Waals surface area contributed by atoms with Crippen LogP contribution in [-0.4, -0.2) is 23.3 Å². The van der Waals surface area contributed by atoms with Gasteiger partial charge in [0.2, 0.25) is 0 Å². The summed E-state index contributed by atoms with van der Waals surface area (Å²) in [6.07, 6.45) is 6.39. The Morgan fingerprint density at radius 2 is 1.72 bits per heavy atom. The van der Waals surface area contributed by atoms with Crippen molar-refractivity contribution in [3.8, 4) is 0 Å². The second-order valence-electron chi connectivity index (χ2n) is 6.41. The van der Waals surface area contributed by atoms with Crippen LogP contribution in [0.25, 0.3) is 0 Å². The van der Waals surface area contributed by atoms with E-state index in [0.29, 0.717) is 5.92 Å². The standard InChI is InChI=1S/C14H20BNO2/c1-13(2)14(3,4)18-15(17-13)12-7-11(8-16-9-12)10-5-6-10/h7-10H,5-6H2,1-4H3. The molecule has 1 aliphatic carbocycles. The smallest absolute Gasteiger partial charge is 0.399 e. The summed E-state index contributed by atoms with van der Waals surface area (Å²) < 4.78 is 12.1. The fourth-order valence-corrected chi connectivity index (χ4v) is 2.22. The van der Waals surface area contributed by atoms with Crippen molar-refractivity contribution < 1.29 is 9.31 Å². The maximum absolute atomic E-state index is 6.04. The SMILES string of the molecule is CC1(C)OB(c2cncc(C3CC3)c2)OC1(C)C. The van der Waals surface area contributed by atoms with Gasteiger partial charge < -0.3 is 9.31 Å². The second-order valence-corrected chi connectivity index (χ2v) is 6.41. The molecule has 3 nitrogen and oxygen atoms in total. The Bertz CT molecular complexity index is 453. The molecular weight excluding hydrogens is 225 g/mol. The minimum atomic E-state index is -0.291. The van der Waals surface area contributed by atoms with Gasteiger partial charge >= 0.3 is 7.12 Å². The lowest BCUT2D eigenvalue weighted by atomic mass is 9.79. The monoisotopic (exact) mass is 245 g/mol. The second kappa shape index (κ2) is 3.81. The molecule has 2 heterocycles. The third-order valence-electron chi connectivity index (χ3n) is 4.35. The zero-order valence-corrected chi connectivity index (χ0v) is 11.6. The summed E-state index contributed by atoms with van der Waals surface area (Å²) in [6.45, 7) is 8.30. The fourth-order valence-electron chi connectivity index (χ4n) is 2.22. The highest BCUT2D eigenvalue weighted by molar-refractivity contribution is 6.62. The molecule has 96 valence electrons. The Kier molecular flexibility index (Phi) is 2.58. The van der Waals surface area contributed by atoms with Crippen molar-refractivity contribution in [2.24, 2.45) is 0 Å². The van der Waals surface area contributed by atoms with E-state index in [2.05, 4.69) is 38.7 Å². The Balaban J connectivity index is 1.86. The lowest BCUT2D eigenvalue weighted by Crippen LogP contribution is -2.41. The summed E-state index contributed by atoms with van der Waals surface area (Å²) in [4.78, 5) is 4.33. The molecule has 0 spiro atoms. The molecule has 0 amide bonds. The molecule has 18 heavy (non-hydrogen) atoms. The van der Waals surface area contributed by atoms with Gasteiger partial charge in [-0.3, -0.25) is 4.98 Å². The van der Waals surface area contributed by atoms with Crippen LogP contribution in [0.1, 0.15) is 52.0 Å². The van der Waals surface area contributed by atoms with Crippen molar-refractivity contribution in [2.75, 3.05) is 0 Å². The fraction of sp³-hybridized carbons (Fsp3) is 0.643. The van der Waals surface area contributed by atoms with Crippen LogP contribution in [-0.2, 0) is 9.31 Å². The maximum atomic E-state index is 6.04. The van der Waals surface area contributed by atoms with Gasteiger partial charge in [-0.15, -0.1) is 0 Å². The van der Waals surface area contributed by atoms with Crippen molar-refractivity contribution in [3.63, 3.8) is 0 Å². The molecule has 2 fully saturated rings. The number of hydrogen-bond acceptors (Lipinski definition) is 3. The molecule has 3 rings (SSSR count). The summed E-state index contributed by atoms with van der Waals surface area (Å²) in [5.74, 6) is 0.708. The molecule has 1 saturated carbocycles. The quantitative estimate of drug-likeness (QED) is 0.749. The summed E-state index contributed by atoms with van der Waals surface area (Å²) >= 11 is 0. The third-order valence-corrected chi connectivity index (χ3v) is 4.35. The average molecular weight is 245 g/mol. The first-order valence-corrected chi connectivity index (χ1v) is 6.69. The molecule has 0 radical (unpaired) electrons. The molecule has 4 heteroatoms. The summed E-state index contributed by atoms with van der Waals surface area (Å²) in [5, 5.41) is 0. The zero-order valence-electron chi connectivity index (χ0n) is 11.6. The zero-order chi connectivity index (χ0) is 13.0. The first kappa shape index (κ1) is 12.2. The molecule has 1 aromatic heterocycles. The van der Waals surface area contributed by atoms with Crippen LogP contribution in [0.4, 0.5) is 0 Å². The minimum Gasteiger partial charge on any atom is -0.399 e. The Hall–Kier alpha value is -0.865. The minimum absolute atomic E-state index is 0.284. The van der Waals surface area contributed by atoms with E-state index in [9.17, 15) is 0 Å². The van der Waals surface area contributed by atoms with Gasteiger partial charge in [-0.2, -0.15) is 0 Å². The van der Waals surface area contributed by atoms with Gasteiger partial charge in [0.05, 0.1) is 11.2 Å². The normalized spacial score (nSPS) is 25.4. The Morgan fingerprint density at radius 3 is 2.28 bits per heavy atom. The van der Waals surface area contributed by atoms with Gasteiger partial charge in [0.25, 0.3) is 0 Å². The molecule has 1 saturated heterocycles. The first-order valence-electron chi connectivity index (χ1n) is 6.69. The largest absolute Gasteiger partial charge is 0.496 e. The Labute approximate surface area is 109 Å². The molecular formula is C14H20BNO2. The molecule has 0 atom stereocenters. The van der Waals surface area contributed by atoms with Crippen LogP contribution >= 0.6 is 0 Å². The van der Waals surface area contributed by atoms with E-state index >= 15 is 0 Å². The van der Waals surface area contributed by atoms with Crippen LogP contribution in [0.15, 0.2) is 18.5 Å². The van der Waals surface area contributed by atoms with E-state index in [0.717, 1.165) is 5.46 Å². The van der Waals surface area contributed by atoms with Crippen LogP contribution in [0.3, 0.4) is 0 Å². The molecule has 1 aliphatic heterocycles. The molecule has 0 aromatic carbocycles. The highest BCUT2D eigenvalue weighted by Gasteiger charge is 2.51. The van der Waals surface area contributed by atoms with Crippen molar-refractivity contribution in [1.29, 1.82) is 0 Å². The lowest BCUT2D eigenvalue weighted by molar-refractivity contribution is 0.00578. The third kappa shape index (κ3) is 1.97. The first-order chi connectivity index (χ1) is 8.39. The summed E-state index contributed by atoms with van der Waals surface area (Å²) in [7, 11) is -0.291. The van der Waals surface area contributed by atoms with Crippen molar-refractivity contribution in [1.82, 2.24) is 4.98 Å². The summed E-state index contributed by atoms with van der Waals surface area (Å²) in [5.41, 5.74) is 1.79. The lowest BCUT2D eigenvalue weighted by Gasteiger charge is -2.32. The van der Waals surface area contributed by atoms with E-state index in [1.54, 1.807) is 0 Å². The van der Waals surface area contributed by atoms with Gasteiger partial charge in [0.15, 0.2) is 0 Å². The predicted octanol–water partition coefficient (Wildman–Crippen LogP) is 2.26. The number of aromatic nitrogens is 1. The van der Waals surface area contributed by atoms with E-state index in [-0.39, 0.29) is 18.3 Å². The average Bonchev–Trinajstić information content (AvgIpc) is 3.08. The van der Waals surface area contributed by atoms with Gasteiger partial charge in [-0.1, -0.05) is 6.07 Å². The molecule has 0 N–H and O–H groups in total. The van der Waals surface area contributed by atoms with E-state index in [1.165, 1.54) is 18.4 Å². The van der Waals surface area contributed by atoms with Crippen LogP contribution in [0, 0.1) is 0 Å². The van der Waals surface area contributed by atoms with Crippen molar-refractivity contribution in [3.05, 3.63) is 24.0 Å². The van der Waals surface area contributed by atoms with Crippen molar-refractivity contribution >= 4 is 12.6 Å².